The Morgan fingerprint density at radius 2 is 1.78 bits per heavy atom. The zero-order chi connectivity index (χ0) is 18.8. The van der Waals surface area contributed by atoms with E-state index in [-0.39, 0.29) is 5.91 Å². The standard InChI is InChI=1S/C23H22N2O2/c1-16(26)25-15-20-13-12-19(21-7-5-9-23(24-21)27-2)14-18(20)11-10-17-6-3-4-8-22(17)25/h3-9,12-14H,10-11,15H2,1-2H3. The number of methoxy groups -OCH3 is 1. The Kier molecular flexibility index (Phi) is 4.63. The molecule has 0 fully saturated rings. The molecule has 0 saturated heterocycles. The minimum absolute atomic E-state index is 0.0637. The fraction of sp³-hybridized carbons (Fsp3) is 0.217. The quantitative estimate of drug-likeness (QED) is 0.681. The summed E-state index contributed by atoms with van der Waals surface area (Å²) >= 11 is 0. The molecule has 1 amide bonds. The van der Waals surface area contributed by atoms with Crippen LogP contribution >= 0.6 is 0 Å². The Morgan fingerprint density at radius 1 is 0.963 bits per heavy atom. The fourth-order valence-electron chi connectivity index (χ4n) is 3.65. The van der Waals surface area contributed by atoms with E-state index < -0.39 is 0 Å². The number of amides is 1. The van der Waals surface area contributed by atoms with Gasteiger partial charge in [-0.15, -0.1) is 0 Å². The number of hydrogen-bond acceptors (Lipinski definition) is 3. The second kappa shape index (κ2) is 7.23. The Morgan fingerprint density at radius 3 is 2.59 bits per heavy atom. The highest BCUT2D eigenvalue weighted by molar-refractivity contribution is 5.92. The van der Waals surface area contributed by atoms with E-state index in [0.29, 0.717) is 12.4 Å². The minimum atomic E-state index is 0.0637. The van der Waals surface area contributed by atoms with E-state index in [2.05, 4.69) is 29.2 Å². The van der Waals surface area contributed by atoms with Crippen molar-refractivity contribution in [2.45, 2.75) is 26.3 Å². The van der Waals surface area contributed by atoms with Crippen LogP contribution in [0.1, 0.15) is 23.6 Å². The molecule has 0 atom stereocenters. The summed E-state index contributed by atoms with van der Waals surface area (Å²) in [5, 5.41) is 0. The number of benzene rings is 2. The molecule has 27 heavy (non-hydrogen) atoms. The Balaban J connectivity index is 1.74. The van der Waals surface area contributed by atoms with E-state index in [1.165, 1.54) is 16.7 Å². The van der Waals surface area contributed by atoms with Gasteiger partial charge in [0.25, 0.3) is 0 Å². The molecule has 0 radical (unpaired) electrons. The van der Waals surface area contributed by atoms with Gasteiger partial charge >= 0.3 is 0 Å². The van der Waals surface area contributed by atoms with Crippen LogP contribution in [0.3, 0.4) is 0 Å². The number of rotatable bonds is 2. The first-order valence-corrected chi connectivity index (χ1v) is 9.15. The van der Waals surface area contributed by atoms with Gasteiger partial charge in [0.2, 0.25) is 11.8 Å². The van der Waals surface area contributed by atoms with Crippen molar-refractivity contribution >= 4 is 11.6 Å². The Bertz CT molecular complexity index is 997. The average Bonchev–Trinajstić information content (AvgIpc) is 2.69. The molecule has 1 aliphatic rings. The van der Waals surface area contributed by atoms with Gasteiger partial charge in [-0.2, -0.15) is 0 Å². The lowest BCUT2D eigenvalue weighted by Crippen LogP contribution is -2.30. The van der Waals surface area contributed by atoms with Crippen LogP contribution in [-0.4, -0.2) is 18.0 Å². The van der Waals surface area contributed by atoms with Crippen LogP contribution in [0.15, 0.2) is 60.7 Å². The van der Waals surface area contributed by atoms with Gasteiger partial charge in [-0.3, -0.25) is 4.79 Å². The van der Waals surface area contributed by atoms with E-state index >= 15 is 0 Å². The highest BCUT2D eigenvalue weighted by atomic mass is 16.5. The molecule has 0 saturated carbocycles. The smallest absolute Gasteiger partial charge is 0.224 e. The summed E-state index contributed by atoms with van der Waals surface area (Å²) in [5.41, 5.74) is 6.64. The number of carbonyl (C=O) groups excluding carboxylic acids is 1. The molecule has 136 valence electrons. The average molecular weight is 358 g/mol. The van der Waals surface area contributed by atoms with Gasteiger partial charge in [0.1, 0.15) is 0 Å². The molecule has 0 N–H and O–H groups in total. The topological polar surface area (TPSA) is 42.4 Å². The first-order valence-electron chi connectivity index (χ1n) is 9.15. The molecular formula is C23H22N2O2. The Hall–Kier alpha value is -3.14. The number of hydrogen-bond donors (Lipinski definition) is 0. The fourth-order valence-corrected chi connectivity index (χ4v) is 3.65. The lowest BCUT2D eigenvalue weighted by molar-refractivity contribution is -0.116. The third-order valence-corrected chi connectivity index (χ3v) is 5.09. The zero-order valence-corrected chi connectivity index (χ0v) is 15.6. The van der Waals surface area contributed by atoms with Crippen LogP contribution in [0.4, 0.5) is 5.69 Å². The number of aromatic nitrogens is 1. The maximum atomic E-state index is 12.3. The maximum absolute atomic E-state index is 12.3. The molecule has 4 heteroatoms. The predicted octanol–water partition coefficient (Wildman–Crippen LogP) is 4.41. The van der Waals surface area contributed by atoms with Gasteiger partial charge in [0.05, 0.1) is 19.3 Å². The van der Waals surface area contributed by atoms with Gasteiger partial charge < -0.3 is 9.64 Å². The van der Waals surface area contributed by atoms with E-state index in [4.69, 9.17) is 4.74 Å². The molecule has 0 bridgehead atoms. The summed E-state index contributed by atoms with van der Waals surface area (Å²) in [6.07, 6.45) is 1.85. The van der Waals surface area contributed by atoms with Crippen LogP contribution in [0.5, 0.6) is 5.88 Å². The van der Waals surface area contributed by atoms with Crippen molar-refractivity contribution in [1.82, 2.24) is 4.98 Å². The van der Waals surface area contributed by atoms with E-state index in [0.717, 1.165) is 29.8 Å². The van der Waals surface area contributed by atoms with Gasteiger partial charge in [0, 0.05) is 24.2 Å². The van der Waals surface area contributed by atoms with Crippen molar-refractivity contribution in [2.75, 3.05) is 12.0 Å². The number of para-hydroxylation sites is 1. The zero-order valence-electron chi connectivity index (χ0n) is 15.6. The normalized spacial score (nSPS) is 13.2. The third kappa shape index (κ3) is 3.43. The van der Waals surface area contributed by atoms with E-state index in [1.54, 1.807) is 14.0 Å². The lowest BCUT2D eigenvalue weighted by atomic mass is 9.93. The number of pyridine rings is 1. The van der Waals surface area contributed by atoms with E-state index in [9.17, 15) is 4.79 Å². The van der Waals surface area contributed by atoms with Gasteiger partial charge in [-0.05, 0) is 47.7 Å². The number of aryl methyl sites for hydroxylation is 2. The summed E-state index contributed by atoms with van der Waals surface area (Å²) in [6.45, 7) is 2.22. The molecule has 0 aliphatic carbocycles. The van der Waals surface area contributed by atoms with Gasteiger partial charge in [-0.1, -0.05) is 36.4 Å². The minimum Gasteiger partial charge on any atom is -0.481 e. The number of anilines is 1. The molecule has 2 heterocycles. The molecule has 1 aromatic heterocycles. The van der Waals surface area contributed by atoms with Crippen molar-refractivity contribution in [3.05, 3.63) is 77.4 Å². The predicted molar refractivity (Wildman–Crippen MR) is 107 cm³/mol. The van der Waals surface area contributed by atoms with Crippen molar-refractivity contribution in [2.24, 2.45) is 0 Å². The number of carbonyl (C=O) groups is 1. The monoisotopic (exact) mass is 358 g/mol. The number of nitrogens with zero attached hydrogens (tertiary/aromatic N) is 2. The molecule has 0 spiro atoms. The number of ether oxygens (including phenoxy) is 1. The van der Waals surface area contributed by atoms with Crippen molar-refractivity contribution in [3.63, 3.8) is 0 Å². The molecule has 2 aromatic carbocycles. The van der Waals surface area contributed by atoms with Crippen molar-refractivity contribution in [1.29, 1.82) is 0 Å². The van der Waals surface area contributed by atoms with E-state index in [1.807, 2.05) is 41.3 Å². The van der Waals surface area contributed by atoms with Crippen molar-refractivity contribution < 1.29 is 9.53 Å². The van der Waals surface area contributed by atoms with Crippen LogP contribution in [-0.2, 0) is 24.2 Å². The number of fused-ring (bicyclic) bond motifs is 2. The molecule has 4 rings (SSSR count). The SMILES string of the molecule is COc1cccc(-c2ccc3c(c2)CCc2ccccc2N(C(C)=O)C3)n1. The highest BCUT2D eigenvalue weighted by Crippen LogP contribution is 2.30. The van der Waals surface area contributed by atoms with Gasteiger partial charge in [-0.25, -0.2) is 4.98 Å². The molecular weight excluding hydrogens is 336 g/mol. The molecule has 4 nitrogen and oxygen atoms in total. The Labute approximate surface area is 159 Å². The third-order valence-electron chi connectivity index (χ3n) is 5.09. The van der Waals surface area contributed by atoms with Crippen LogP contribution in [0.2, 0.25) is 0 Å². The summed E-state index contributed by atoms with van der Waals surface area (Å²) in [6, 6.07) is 20.4. The lowest BCUT2D eigenvalue weighted by Gasteiger charge is -2.28. The second-order valence-electron chi connectivity index (χ2n) is 6.78. The summed E-state index contributed by atoms with van der Waals surface area (Å²) in [5.74, 6) is 0.671. The molecule has 3 aromatic rings. The highest BCUT2D eigenvalue weighted by Gasteiger charge is 2.20. The molecule has 0 unspecified atom stereocenters. The summed E-state index contributed by atoms with van der Waals surface area (Å²) in [4.78, 5) is 18.7. The van der Waals surface area contributed by atoms with Crippen LogP contribution < -0.4 is 9.64 Å². The maximum Gasteiger partial charge on any atom is 0.224 e. The van der Waals surface area contributed by atoms with Crippen LogP contribution in [0, 0.1) is 0 Å². The summed E-state index contributed by atoms with van der Waals surface area (Å²) < 4.78 is 5.25. The summed E-state index contributed by atoms with van der Waals surface area (Å²) in [7, 11) is 1.63. The second-order valence-corrected chi connectivity index (χ2v) is 6.78. The van der Waals surface area contributed by atoms with Crippen molar-refractivity contribution in [3.8, 4) is 17.1 Å². The first kappa shape index (κ1) is 17.3. The molecule has 1 aliphatic heterocycles. The van der Waals surface area contributed by atoms with Crippen LogP contribution in [0.25, 0.3) is 11.3 Å². The van der Waals surface area contributed by atoms with Gasteiger partial charge in [0.15, 0.2) is 0 Å². The first-order chi connectivity index (χ1) is 13.2. The largest absolute Gasteiger partial charge is 0.481 e.